The largest absolute Gasteiger partial charge is 0.476 e. The number of hydrogen-bond donors (Lipinski definition) is 0. The first-order valence-electron chi connectivity index (χ1n) is 14.2. The van der Waals surface area contributed by atoms with Gasteiger partial charge < -0.3 is 18.9 Å². The molecule has 0 aliphatic carbocycles. The van der Waals surface area contributed by atoms with E-state index in [0.717, 1.165) is 62.5 Å². The smallest absolute Gasteiger partial charge is 0.349 e. The summed E-state index contributed by atoms with van der Waals surface area (Å²) in [5.74, 6) is 0.534. The highest BCUT2D eigenvalue weighted by molar-refractivity contribution is 6.31. The van der Waals surface area contributed by atoms with Gasteiger partial charge in [0, 0.05) is 10.0 Å². The summed E-state index contributed by atoms with van der Waals surface area (Å²) in [4.78, 5) is 24.5. The molecule has 2 rings (SSSR count). The van der Waals surface area contributed by atoms with Crippen molar-refractivity contribution in [1.82, 2.24) is 0 Å². The predicted molar refractivity (Wildman–Crippen MR) is 161 cm³/mol. The molecule has 8 heteroatoms. The fourth-order valence-corrected chi connectivity index (χ4v) is 4.66. The fourth-order valence-electron chi connectivity index (χ4n) is 4.27. The molecule has 6 nitrogen and oxygen atoms in total. The Labute approximate surface area is 249 Å². The summed E-state index contributed by atoms with van der Waals surface area (Å²) in [6, 6.07) is 11.0. The van der Waals surface area contributed by atoms with Crippen LogP contribution in [0.1, 0.15) is 91.2 Å². The number of aryl methyl sites for hydroxylation is 2. The predicted octanol–water partition coefficient (Wildman–Crippen LogP) is 8.56. The minimum atomic E-state index is -1.08. The number of benzene rings is 2. The average molecular weight is 596 g/mol. The second-order valence-corrected chi connectivity index (χ2v) is 11.7. The van der Waals surface area contributed by atoms with E-state index in [2.05, 4.69) is 0 Å². The summed E-state index contributed by atoms with van der Waals surface area (Å²) in [5.41, 5.74) is -0.185. The molecule has 0 atom stereocenters. The van der Waals surface area contributed by atoms with Crippen LogP contribution < -0.4 is 9.47 Å². The summed E-state index contributed by atoms with van der Waals surface area (Å²) in [6.45, 7) is 11.0. The van der Waals surface area contributed by atoms with Crippen LogP contribution in [0.2, 0.25) is 10.0 Å². The topological polar surface area (TPSA) is 71.1 Å². The van der Waals surface area contributed by atoms with E-state index in [1.807, 2.05) is 24.3 Å². The zero-order valence-corrected chi connectivity index (χ0v) is 26.3. The molecule has 0 aliphatic rings. The summed E-state index contributed by atoms with van der Waals surface area (Å²) in [7, 11) is 0. The van der Waals surface area contributed by atoms with Crippen LogP contribution in [0.25, 0.3) is 0 Å². The van der Waals surface area contributed by atoms with Gasteiger partial charge in [0.15, 0.2) is 11.2 Å². The summed E-state index contributed by atoms with van der Waals surface area (Å²) >= 11 is 12.5. The van der Waals surface area contributed by atoms with E-state index in [9.17, 15) is 9.59 Å². The third kappa shape index (κ3) is 10.9. The molecule has 2 aromatic carbocycles. The van der Waals surface area contributed by atoms with E-state index in [4.69, 9.17) is 42.1 Å². The molecular weight excluding hydrogens is 551 g/mol. The second kappa shape index (κ2) is 16.1. The van der Waals surface area contributed by atoms with E-state index in [1.165, 1.54) is 0 Å². The second-order valence-electron chi connectivity index (χ2n) is 10.8. The number of unbranched alkanes of at least 4 members (excludes halogenated alkanes) is 5. The number of ether oxygens (including phenoxy) is 4. The molecule has 0 bridgehead atoms. The van der Waals surface area contributed by atoms with E-state index in [-0.39, 0.29) is 0 Å². The third-order valence-corrected chi connectivity index (χ3v) is 6.92. The fraction of sp³-hybridized carbons (Fsp3) is 0.562. The van der Waals surface area contributed by atoms with Crippen molar-refractivity contribution in [3.05, 3.63) is 57.6 Å². The van der Waals surface area contributed by atoms with Crippen molar-refractivity contribution in [2.45, 2.75) is 104 Å². The number of carbonyl (C=O) groups is 2. The van der Waals surface area contributed by atoms with E-state index in [0.29, 0.717) is 34.8 Å². The minimum Gasteiger partial charge on any atom is -0.476 e. The zero-order valence-electron chi connectivity index (χ0n) is 24.7. The van der Waals surface area contributed by atoms with Crippen LogP contribution in [0.4, 0.5) is 0 Å². The lowest BCUT2D eigenvalue weighted by Gasteiger charge is -2.25. The van der Waals surface area contributed by atoms with Gasteiger partial charge in [0.25, 0.3) is 0 Å². The molecular formula is C32H44Cl2O6. The Morgan fingerprint density at radius 1 is 0.625 bits per heavy atom. The van der Waals surface area contributed by atoms with Crippen LogP contribution in [0.5, 0.6) is 11.5 Å². The highest BCUT2D eigenvalue weighted by Crippen LogP contribution is 2.30. The molecule has 0 heterocycles. The van der Waals surface area contributed by atoms with Gasteiger partial charge in [-0.1, -0.05) is 48.9 Å². The van der Waals surface area contributed by atoms with Crippen LogP contribution >= 0.6 is 23.2 Å². The van der Waals surface area contributed by atoms with Crippen LogP contribution in [0.15, 0.2) is 36.4 Å². The first kappa shape index (κ1) is 33.8. The van der Waals surface area contributed by atoms with Crippen LogP contribution in [-0.4, -0.2) is 36.4 Å². The molecule has 0 radical (unpaired) electrons. The maximum atomic E-state index is 12.3. The SMILES string of the molecule is CCOC(=O)C(C)(C)Oc1ccc(Cl)cc1CCCCCCCCc1cc(Cl)ccc1OC(C)(C)C(=O)OCC. The molecule has 0 aromatic heterocycles. The first-order chi connectivity index (χ1) is 18.9. The van der Waals surface area contributed by atoms with Gasteiger partial charge in [-0.3, -0.25) is 0 Å². The maximum absolute atomic E-state index is 12.3. The Kier molecular flexibility index (Phi) is 13.6. The minimum absolute atomic E-state index is 0.306. The Bertz CT molecular complexity index is 1030. The zero-order chi connectivity index (χ0) is 29.8. The van der Waals surface area contributed by atoms with Gasteiger partial charge in [-0.25, -0.2) is 9.59 Å². The van der Waals surface area contributed by atoms with Gasteiger partial charge in [-0.2, -0.15) is 0 Å². The van der Waals surface area contributed by atoms with Crippen molar-refractivity contribution in [3.8, 4) is 11.5 Å². The van der Waals surface area contributed by atoms with Gasteiger partial charge in [-0.05, 0) is 115 Å². The van der Waals surface area contributed by atoms with Gasteiger partial charge in [0.05, 0.1) is 13.2 Å². The Hall–Kier alpha value is -2.44. The van der Waals surface area contributed by atoms with Gasteiger partial charge in [-0.15, -0.1) is 0 Å². The molecule has 0 aliphatic heterocycles. The molecule has 2 aromatic rings. The number of rotatable bonds is 17. The van der Waals surface area contributed by atoms with E-state index < -0.39 is 23.1 Å². The normalized spacial score (nSPS) is 11.7. The maximum Gasteiger partial charge on any atom is 0.349 e. The highest BCUT2D eigenvalue weighted by atomic mass is 35.5. The Morgan fingerprint density at radius 2 is 0.975 bits per heavy atom. The lowest BCUT2D eigenvalue weighted by atomic mass is 10.0. The highest BCUT2D eigenvalue weighted by Gasteiger charge is 2.33. The van der Waals surface area contributed by atoms with Crippen molar-refractivity contribution in [2.75, 3.05) is 13.2 Å². The lowest BCUT2D eigenvalue weighted by Crippen LogP contribution is -2.40. The molecule has 0 spiro atoms. The summed E-state index contributed by atoms with van der Waals surface area (Å²) in [5, 5.41) is 1.29. The summed E-state index contributed by atoms with van der Waals surface area (Å²) < 4.78 is 22.4. The quantitative estimate of drug-likeness (QED) is 0.135. The van der Waals surface area contributed by atoms with E-state index >= 15 is 0 Å². The number of hydrogen-bond acceptors (Lipinski definition) is 6. The van der Waals surface area contributed by atoms with Crippen molar-refractivity contribution in [3.63, 3.8) is 0 Å². The molecule has 0 saturated carbocycles. The Balaban J connectivity index is 1.81. The molecule has 0 amide bonds. The van der Waals surface area contributed by atoms with Crippen molar-refractivity contribution >= 4 is 35.1 Å². The van der Waals surface area contributed by atoms with Gasteiger partial charge >= 0.3 is 11.9 Å². The van der Waals surface area contributed by atoms with Crippen molar-refractivity contribution < 1.29 is 28.5 Å². The Morgan fingerprint density at radius 3 is 1.32 bits per heavy atom. The number of esters is 2. The van der Waals surface area contributed by atoms with Gasteiger partial charge in [0.1, 0.15) is 11.5 Å². The molecule has 0 N–H and O–H groups in total. The third-order valence-electron chi connectivity index (χ3n) is 6.45. The average Bonchev–Trinajstić information content (AvgIpc) is 2.88. The molecule has 0 saturated heterocycles. The molecule has 0 fully saturated rings. The molecule has 40 heavy (non-hydrogen) atoms. The van der Waals surface area contributed by atoms with Crippen LogP contribution in [0, 0.1) is 0 Å². The molecule has 222 valence electrons. The van der Waals surface area contributed by atoms with Crippen molar-refractivity contribution in [1.29, 1.82) is 0 Å². The lowest BCUT2D eigenvalue weighted by molar-refractivity contribution is -0.159. The first-order valence-corrected chi connectivity index (χ1v) is 14.9. The molecule has 0 unspecified atom stereocenters. The van der Waals surface area contributed by atoms with E-state index in [1.54, 1.807) is 53.7 Å². The monoisotopic (exact) mass is 594 g/mol. The number of halogens is 2. The summed E-state index contributed by atoms with van der Waals surface area (Å²) in [6.07, 6.45) is 7.98. The van der Waals surface area contributed by atoms with Crippen LogP contribution in [-0.2, 0) is 31.9 Å². The standard InChI is InChI=1S/C32H44Cl2O6/c1-7-37-29(35)31(3,4)39-27-19-17-25(33)21-23(27)15-13-11-9-10-12-14-16-24-22-26(34)18-20-28(24)40-32(5,6)30(36)38-8-2/h17-22H,7-16H2,1-6H3. The number of carbonyl (C=O) groups excluding carboxylic acids is 2. The van der Waals surface area contributed by atoms with Gasteiger partial charge in [0.2, 0.25) is 0 Å². The van der Waals surface area contributed by atoms with Crippen molar-refractivity contribution in [2.24, 2.45) is 0 Å². The van der Waals surface area contributed by atoms with Crippen LogP contribution in [0.3, 0.4) is 0 Å².